The zero-order valence-corrected chi connectivity index (χ0v) is 17.1. The van der Waals surface area contributed by atoms with Gasteiger partial charge in [0, 0.05) is 17.5 Å². The number of hydrogen-bond acceptors (Lipinski definition) is 7. The fraction of sp³-hybridized carbons (Fsp3) is 0.526. The van der Waals surface area contributed by atoms with Crippen molar-refractivity contribution in [3.05, 3.63) is 36.0 Å². The van der Waals surface area contributed by atoms with Crippen LogP contribution in [0.15, 0.2) is 33.7 Å². The lowest BCUT2D eigenvalue weighted by atomic mass is 9.95. The Hall–Kier alpha value is -2.30. The van der Waals surface area contributed by atoms with Gasteiger partial charge in [-0.3, -0.25) is 9.69 Å². The van der Waals surface area contributed by atoms with Crippen molar-refractivity contribution in [3.63, 3.8) is 0 Å². The van der Waals surface area contributed by atoms with Crippen molar-refractivity contribution in [1.29, 1.82) is 0 Å². The van der Waals surface area contributed by atoms with Crippen LogP contribution in [0.4, 0.5) is 5.69 Å². The smallest absolute Gasteiger partial charge is 0.243 e. The molecular formula is C19H25N5O4S. The Balaban J connectivity index is 1.29. The number of aromatic nitrogens is 2. The summed E-state index contributed by atoms with van der Waals surface area (Å²) in [4.78, 5) is 19.4. The largest absolute Gasteiger partial charge is 0.338 e. The van der Waals surface area contributed by atoms with E-state index in [0.717, 1.165) is 44.6 Å². The summed E-state index contributed by atoms with van der Waals surface area (Å²) in [5.41, 5.74) is 0.552. The van der Waals surface area contributed by atoms with Gasteiger partial charge < -0.3 is 9.84 Å². The second-order valence-corrected chi connectivity index (χ2v) is 9.37. The van der Waals surface area contributed by atoms with Crippen molar-refractivity contribution in [2.24, 2.45) is 11.1 Å². The van der Waals surface area contributed by atoms with Crippen LogP contribution in [0.25, 0.3) is 0 Å². The summed E-state index contributed by atoms with van der Waals surface area (Å²) >= 11 is 0. The number of carbonyl (C=O) groups excluding carboxylic acids is 1. The van der Waals surface area contributed by atoms with Crippen LogP contribution in [-0.4, -0.2) is 42.5 Å². The summed E-state index contributed by atoms with van der Waals surface area (Å²) in [5, 5.41) is 12.0. The predicted molar refractivity (Wildman–Crippen MR) is 105 cm³/mol. The van der Waals surface area contributed by atoms with E-state index in [1.54, 1.807) is 12.1 Å². The molecular weight excluding hydrogens is 394 g/mol. The normalized spacial score (nSPS) is 19.8. The quantitative estimate of drug-likeness (QED) is 0.732. The molecule has 1 saturated carbocycles. The molecule has 2 fully saturated rings. The van der Waals surface area contributed by atoms with Gasteiger partial charge in [-0.2, -0.15) is 4.98 Å². The van der Waals surface area contributed by atoms with E-state index >= 15 is 0 Å². The lowest BCUT2D eigenvalue weighted by Crippen LogP contribution is -2.39. The van der Waals surface area contributed by atoms with Crippen LogP contribution >= 0.6 is 0 Å². The first-order chi connectivity index (χ1) is 13.8. The van der Waals surface area contributed by atoms with Crippen molar-refractivity contribution >= 4 is 21.6 Å². The topological polar surface area (TPSA) is 131 Å². The van der Waals surface area contributed by atoms with E-state index in [9.17, 15) is 13.2 Å². The maximum Gasteiger partial charge on any atom is 0.243 e. The van der Waals surface area contributed by atoms with Gasteiger partial charge in [0.1, 0.15) is 0 Å². The van der Waals surface area contributed by atoms with Crippen molar-refractivity contribution in [1.82, 2.24) is 15.0 Å². The number of rotatable bonds is 6. The molecule has 1 aromatic carbocycles. The number of nitrogens with one attached hydrogen (secondary N) is 1. The molecule has 0 radical (unpaired) electrons. The molecule has 1 amide bonds. The molecule has 1 atom stereocenters. The number of primary sulfonamides is 1. The third-order valence-electron chi connectivity index (χ3n) is 5.66. The molecule has 1 aliphatic heterocycles. The van der Waals surface area contributed by atoms with E-state index in [1.165, 1.54) is 12.1 Å². The first kappa shape index (κ1) is 20.0. The number of amides is 1. The molecule has 0 bridgehead atoms. The summed E-state index contributed by atoms with van der Waals surface area (Å²) in [6, 6.07) is 5.89. The average molecular weight is 420 g/mol. The highest BCUT2D eigenvalue weighted by Crippen LogP contribution is 2.39. The van der Waals surface area contributed by atoms with E-state index in [-0.39, 0.29) is 22.8 Å². The second kappa shape index (κ2) is 7.85. The molecule has 2 aromatic rings. The molecule has 29 heavy (non-hydrogen) atoms. The molecule has 156 valence electrons. The Morgan fingerprint density at radius 2 is 1.86 bits per heavy atom. The summed E-state index contributed by atoms with van der Waals surface area (Å²) in [5.74, 6) is 1.77. The number of anilines is 1. The van der Waals surface area contributed by atoms with Gasteiger partial charge in [0.2, 0.25) is 21.8 Å². The van der Waals surface area contributed by atoms with Gasteiger partial charge >= 0.3 is 0 Å². The van der Waals surface area contributed by atoms with E-state index in [0.29, 0.717) is 17.5 Å². The Labute approximate surface area is 169 Å². The standard InChI is InChI=1S/C19H25N5O4S/c1-12(19-22-17(23-28-19)13-2-3-13)24-10-8-14(9-11-24)18(25)21-15-4-6-16(7-5-15)29(20,26)27/h4-7,12-14H,2-3,8-11H2,1H3,(H,21,25)(H2,20,26,27)/t12-/m0/s1. The number of piperidine rings is 1. The molecule has 1 aliphatic carbocycles. The van der Waals surface area contributed by atoms with Crippen molar-refractivity contribution in [2.75, 3.05) is 18.4 Å². The van der Waals surface area contributed by atoms with Crippen LogP contribution < -0.4 is 10.5 Å². The van der Waals surface area contributed by atoms with Gasteiger partial charge in [-0.25, -0.2) is 13.6 Å². The molecule has 3 N–H and O–H groups in total. The van der Waals surface area contributed by atoms with Gasteiger partial charge in [0.25, 0.3) is 0 Å². The Morgan fingerprint density at radius 1 is 1.21 bits per heavy atom. The predicted octanol–water partition coefficient (Wildman–Crippen LogP) is 2.01. The van der Waals surface area contributed by atoms with Crippen LogP contribution in [0, 0.1) is 5.92 Å². The van der Waals surface area contributed by atoms with E-state index in [1.807, 2.05) is 0 Å². The highest BCUT2D eigenvalue weighted by atomic mass is 32.2. The number of nitrogens with zero attached hydrogens (tertiary/aromatic N) is 3. The maximum atomic E-state index is 12.6. The van der Waals surface area contributed by atoms with Crippen molar-refractivity contribution < 1.29 is 17.7 Å². The van der Waals surface area contributed by atoms with Crippen LogP contribution in [0.1, 0.15) is 56.3 Å². The molecule has 9 nitrogen and oxygen atoms in total. The lowest BCUT2D eigenvalue weighted by Gasteiger charge is -2.33. The van der Waals surface area contributed by atoms with Crippen LogP contribution in [0.3, 0.4) is 0 Å². The first-order valence-electron chi connectivity index (χ1n) is 9.82. The molecule has 0 spiro atoms. The number of nitrogens with two attached hydrogens (primary N) is 1. The Kier molecular flexibility index (Phi) is 5.41. The van der Waals surface area contributed by atoms with Crippen LogP contribution in [-0.2, 0) is 14.8 Å². The monoisotopic (exact) mass is 419 g/mol. The molecule has 1 saturated heterocycles. The third kappa shape index (κ3) is 4.65. The minimum Gasteiger partial charge on any atom is -0.338 e. The van der Waals surface area contributed by atoms with Gasteiger partial charge in [0.05, 0.1) is 10.9 Å². The Morgan fingerprint density at radius 3 is 2.45 bits per heavy atom. The van der Waals surface area contributed by atoms with Crippen LogP contribution in [0.2, 0.25) is 0 Å². The van der Waals surface area contributed by atoms with Crippen molar-refractivity contribution in [2.45, 2.75) is 49.5 Å². The second-order valence-electron chi connectivity index (χ2n) is 7.81. The molecule has 1 aromatic heterocycles. The lowest BCUT2D eigenvalue weighted by molar-refractivity contribution is -0.121. The molecule has 4 rings (SSSR count). The third-order valence-corrected chi connectivity index (χ3v) is 6.59. The number of sulfonamides is 1. The summed E-state index contributed by atoms with van der Waals surface area (Å²) in [6.45, 7) is 3.59. The molecule has 2 aliphatic rings. The SMILES string of the molecule is C[C@@H](c1nc(C2CC2)no1)N1CCC(C(=O)Nc2ccc(S(N)(=O)=O)cc2)CC1. The summed E-state index contributed by atoms with van der Waals surface area (Å²) in [7, 11) is -3.74. The minimum atomic E-state index is -3.74. The van der Waals surface area contributed by atoms with E-state index in [2.05, 4.69) is 27.3 Å². The summed E-state index contributed by atoms with van der Waals surface area (Å²) < 4.78 is 28.1. The van der Waals surface area contributed by atoms with Crippen molar-refractivity contribution in [3.8, 4) is 0 Å². The number of hydrogen-bond donors (Lipinski definition) is 2. The van der Waals surface area contributed by atoms with Crippen LogP contribution in [0.5, 0.6) is 0 Å². The molecule has 10 heteroatoms. The maximum absolute atomic E-state index is 12.6. The average Bonchev–Trinajstić information content (AvgIpc) is 3.44. The molecule has 2 heterocycles. The summed E-state index contributed by atoms with van der Waals surface area (Å²) in [6.07, 6.45) is 3.74. The first-order valence-corrected chi connectivity index (χ1v) is 11.4. The number of benzene rings is 1. The fourth-order valence-corrected chi connectivity index (χ4v) is 4.12. The van der Waals surface area contributed by atoms with Gasteiger partial charge in [-0.1, -0.05) is 5.16 Å². The number of likely N-dealkylation sites (tertiary alicyclic amines) is 1. The zero-order chi connectivity index (χ0) is 20.6. The minimum absolute atomic E-state index is 0.0173. The highest BCUT2D eigenvalue weighted by Gasteiger charge is 2.32. The van der Waals surface area contributed by atoms with Gasteiger partial charge in [0.15, 0.2) is 5.82 Å². The van der Waals surface area contributed by atoms with E-state index in [4.69, 9.17) is 9.66 Å². The Bertz CT molecular complexity index is 976. The molecule has 0 unspecified atom stereocenters. The van der Waals surface area contributed by atoms with Gasteiger partial charge in [-0.15, -0.1) is 0 Å². The zero-order valence-electron chi connectivity index (χ0n) is 16.2. The van der Waals surface area contributed by atoms with E-state index < -0.39 is 10.0 Å². The highest BCUT2D eigenvalue weighted by molar-refractivity contribution is 7.89. The fourth-order valence-electron chi connectivity index (χ4n) is 3.60. The van der Waals surface area contributed by atoms with Gasteiger partial charge in [-0.05, 0) is 70.0 Å². The number of carbonyl (C=O) groups is 1.